The highest BCUT2D eigenvalue weighted by Gasteiger charge is 2.20. The zero-order chi connectivity index (χ0) is 30.2. The first-order valence-electron chi connectivity index (χ1n) is 14.2. The van der Waals surface area contributed by atoms with Crippen LogP contribution in [0.5, 0.6) is 0 Å². The molecular weight excluding hydrogens is 595 g/mol. The van der Waals surface area contributed by atoms with Crippen molar-refractivity contribution in [3.63, 3.8) is 0 Å². The highest BCUT2D eigenvalue weighted by Crippen LogP contribution is 2.32. The molecule has 6 aromatic rings. The molecule has 220 valence electrons. The van der Waals surface area contributed by atoms with E-state index in [0.717, 1.165) is 48.7 Å². The van der Waals surface area contributed by atoms with E-state index >= 15 is 0 Å². The van der Waals surface area contributed by atoms with Crippen molar-refractivity contribution >= 4 is 51.4 Å². The number of hydrogen-bond acceptors (Lipinski definition) is 7. The third-order valence-corrected chi connectivity index (χ3v) is 8.43. The number of piperazine rings is 1. The van der Waals surface area contributed by atoms with E-state index in [1.54, 1.807) is 18.2 Å². The number of halogens is 2. The molecule has 3 aromatic carbocycles. The second-order valence-electron chi connectivity index (χ2n) is 10.7. The van der Waals surface area contributed by atoms with Crippen LogP contribution in [0, 0.1) is 0 Å². The third-order valence-electron chi connectivity index (χ3n) is 7.82. The van der Waals surface area contributed by atoms with Crippen LogP contribution in [0.3, 0.4) is 0 Å². The fourth-order valence-corrected chi connectivity index (χ4v) is 5.97. The summed E-state index contributed by atoms with van der Waals surface area (Å²) in [5, 5.41) is 8.99. The van der Waals surface area contributed by atoms with Crippen molar-refractivity contribution in [2.45, 2.75) is 0 Å². The molecule has 1 saturated heterocycles. The van der Waals surface area contributed by atoms with E-state index in [2.05, 4.69) is 44.3 Å². The Hall–Kier alpha value is -4.70. The topological polar surface area (TPSA) is 95.0 Å². The van der Waals surface area contributed by atoms with Gasteiger partial charge in [-0.3, -0.25) is 4.79 Å². The molecule has 1 aliphatic rings. The predicted octanol–water partition coefficient (Wildman–Crippen LogP) is 6.64. The second-order valence-corrected chi connectivity index (χ2v) is 11.5. The number of hydrogen-bond donors (Lipinski definition) is 2. The van der Waals surface area contributed by atoms with Gasteiger partial charge in [0, 0.05) is 61.2 Å². The summed E-state index contributed by atoms with van der Waals surface area (Å²) in [5.74, 6) is 0.348. The van der Waals surface area contributed by atoms with E-state index in [1.807, 2.05) is 54.7 Å². The summed E-state index contributed by atoms with van der Waals surface area (Å²) >= 11 is 13.1. The van der Waals surface area contributed by atoms with Crippen LogP contribution >= 0.6 is 23.2 Å². The number of rotatable bonds is 6. The molecule has 0 unspecified atom stereocenters. The first-order valence-corrected chi connectivity index (χ1v) is 15.0. The Labute approximate surface area is 263 Å². The number of likely N-dealkylation sites (N-methyl/N-ethyl adjacent to an activating group) is 1. The van der Waals surface area contributed by atoms with Crippen LogP contribution in [-0.2, 0) is 0 Å². The molecule has 44 heavy (non-hydrogen) atoms. The molecule has 0 saturated carbocycles. The monoisotopic (exact) mass is 622 g/mol. The van der Waals surface area contributed by atoms with Crippen molar-refractivity contribution in [1.29, 1.82) is 0 Å². The molecule has 9 nitrogen and oxygen atoms in total. The smallest absolute Gasteiger partial charge is 0.282 e. The molecule has 0 aliphatic carbocycles. The highest BCUT2D eigenvalue weighted by molar-refractivity contribution is 6.37. The van der Waals surface area contributed by atoms with Gasteiger partial charge in [0.25, 0.3) is 5.56 Å². The van der Waals surface area contributed by atoms with Gasteiger partial charge < -0.3 is 20.1 Å². The van der Waals surface area contributed by atoms with Crippen molar-refractivity contribution in [2.24, 2.45) is 0 Å². The first kappa shape index (κ1) is 28.1. The fraction of sp³-hybridized carbons (Fsp3) is 0.152. The van der Waals surface area contributed by atoms with Gasteiger partial charge in [0.05, 0.1) is 15.4 Å². The minimum Gasteiger partial charge on any atom is -0.369 e. The average Bonchev–Trinajstić information content (AvgIpc) is 3.58. The predicted molar refractivity (Wildman–Crippen MR) is 178 cm³/mol. The summed E-state index contributed by atoms with van der Waals surface area (Å²) in [7, 11) is 2.15. The van der Waals surface area contributed by atoms with Crippen molar-refractivity contribution < 1.29 is 0 Å². The fourth-order valence-electron chi connectivity index (χ4n) is 5.42. The van der Waals surface area contributed by atoms with Crippen LogP contribution in [0.15, 0.2) is 96.1 Å². The number of aromatic nitrogens is 5. The maximum Gasteiger partial charge on any atom is 0.282 e. The van der Waals surface area contributed by atoms with Crippen molar-refractivity contribution in [3.05, 3.63) is 112 Å². The summed E-state index contributed by atoms with van der Waals surface area (Å²) in [6, 6.07) is 25.1. The lowest BCUT2D eigenvalue weighted by molar-refractivity contribution is 0.313. The zero-order valence-corrected chi connectivity index (χ0v) is 25.3. The number of nitrogens with one attached hydrogen (secondary N) is 2. The molecule has 1 fully saturated rings. The quantitative estimate of drug-likeness (QED) is 0.215. The Morgan fingerprint density at radius 1 is 0.864 bits per heavy atom. The normalized spacial score (nSPS) is 13.8. The molecule has 7 rings (SSSR count). The van der Waals surface area contributed by atoms with Gasteiger partial charge in [-0.25, -0.2) is 9.97 Å². The Morgan fingerprint density at radius 3 is 2.32 bits per heavy atom. The van der Waals surface area contributed by atoms with Gasteiger partial charge in [0.15, 0.2) is 0 Å². The minimum absolute atomic E-state index is 0.284. The molecule has 0 spiro atoms. The number of anilines is 3. The van der Waals surface area contributed by atoms with Crippen LogP contribution in [0.4, 0.5) is 17.3 Å². The first-order chi connectivity index (χ1) is 21.4. The number of para-hydroxylation sites is 1. The highest BCUT2D eigenvalue weighted by atomic mass is 35.5. The van der Waals surface area contributed by atoms with Gasteiger partial charge in [0.1, 0.15) is 16.9 Å². The molecule has 1 aliphatic heterocycles. The Bertz CT molecular complexity index is 2000. The number of fused-ring (bicyclic) bond motifs is 1. The molecule has 0 radical (unpaired) electrons. The van der Waals surface area contributed by atoms with Crippen molar-refractivity contribution in [2.75, 3.05) is 43.4 Å². The van der Waals surface area contributed by atoms with E-state index < -0.39 is 5.56 Å². The van der Waals surface area contributed by atoms with Crippen molar-refractivity contribution in [1.82, 2.24) is 29.6 Å². The number of aromatic amines is 1. The lowest BCUT2D eigenvalue weighted by Crippen LogP contribution is -2.44. The van der Waals surface area contributed by atoms with Crippen LogP contribution in [0.2, 0.25) is 10.0 Å². The van der Waals surface area contributed by atoms with Gasteiger partial charge in [-0.2, -0.15) is 9.78 Å². The number of benzene rings is 3. The van der Waals surface area contributed by atoms with Crippen LogP contribution in [0.25, 0.3) is 39.1 Å². The number of H-pyrrole nitrogens is 1. The van der Waals surface area contributed by atoms with Gasteiger partial charge in [-0.1, -0.05) is 47.5 Å². The van der Waals surface area contributed by atoms with E-state index in [4.69, 9.17) is 33.3 Å². The van der Waals surface area contributed by atoms with E-state index in [1.165, 1.54) is 16.6 Å². The standard InChI is InChI=1S/C33H28Cl2N8O/c1-41-15-17-42(18-16-41)24-12-10-23(11-13-24)38-33-37-20-25-30(39-33)29(22-6-2-5-21(19-22)28-9-4-14-36-28)40-43(32(25)44)31-26(34)7-3-8-27(31)35/h2-14,19-20,36H,15-18H2,1H3,(H,37,38,39). The lowest BCUT2D eigenvalue weighted by Gasteiger charge is -2.34. The maximum atomic E-state index is 13.8. The van der Waals surface area contributed by atoms with E-state index in [9.17, 15) is 4.79 Å². The van der Waals surface area contributed by atoms with Gasteiger partial charge in [-0.05, 0) is 67.2 Å². The summed E-state index contributed by atoms with van der Waals surface area (Å²) in [5.41, 5.74) is 5.45. The van der Waals surface area contributed by atoms with Crippen molar-refractivity contribution in [3.8, 4) is 28.2 Å². The molecule has 4 heterocycles. The molecule has 2 N–H and O–H groups in total. The Kier molecular flexibility index (Phi) is 7.51. The Morgan fingerprint density at radius 2 is 1.59 bits per heavy atom. The van der Waals surface area contributed by atoms with Crippen LogP contribution < -0.4 is 15.8 Å². The Balaban J connectivity index is 1.32. The van der Waals surface area contributed by atoms with E-state index in [-0.39, 0.29) is 5.39 Å². The largest absolute Gasteiger partial charge is 0.369 e. The SMILES string of the molecule is CN1CCN(c2ccc(Nc3ncc4c(=O)n(-c5c(Cl)cccc5Cl)nc(-c5cccc(-c6ccc[nH]6)c5)c4n3)cc2)CC1. The molecule has 0 amide bonds. The van der Waals surface area contributed by atoms with E-state index in [0.29, 0.717) is 32.9 Å². The summed E-state index contributed by atoms with van der Waals surface area (Å²) in [4.78, 5) is 31.1. The van der Waals surface area contributed by atoms with Crippen LogP contribution in [0.1, 0.15) is 0 Å². The minimum atomic E-state index is -0.428. The summed E-state index contributed by atoms with van der Waals surface area (Å²) in [6.07, 6.45) is 3.39. The van der Waals surface area contributed by atoms with Gasteiger partial charge in [-0.15, -0.1) is 0 Å². The number of nitrogens with zero attached hydrogens (tertiary/aromatic N) is 6. The molecule has 0 atom stereocenters. The average molecular weight is 624 g/mol. The second kappa shape index (κ2) is 11.8. The summed E-state index contributed by atoms with van der Waals surface area (Å²) in [6.45, 7) is 4.07. The lowest BCUT2D eigenvalue weighted by atomic mass is 10.0. The van der Waals surface area contributed by atoms with Gasteiger partial charge >= 0.3 is 0 Å². The molecule has 11 heteroatoms. The summed E-state index contributed by atoms with van der Waals surface area (Å²) < 4.78 is 1.23. The van der Waals surface area contributed by atoms with Crippen LogP contribution in [-0.4, -0.2) is 62.9 Å². The molecule has 3 aromatic heterocycles. The van der Waals surface area contributed by atoms with Gasteiger partial charge in [0.2, 0.25) is 5.95 Å². The maximum absolute atomic E-state index is 13.8. The zero-order valence-electron chi connectivity index (χ0n) is 23.8. The third kappa shape index (κ3) is 5.41. The molecule has 0 bridgehead atoms. The molecular formula is C33H28Cl2N8O.